The number of imidazole rings is 1. The Morgan fingerprint density at radius 3 is 2.90 bits per heavy atom. The molecular formula is C15H23N5O. The molecular weight excluding hydrogens is 266 g/mol. The molecule has 2 aromatic rings. The molecule has 1 fully saturated rings. The fraction of sp³-hybridized carbons (Fsp3) is 0.600. The highest BCUT2D eigenvalue weighted by Gasteiger charge is 2.22. The van der Waals surface area contributed by atoms with Crippen molar-refractivity contribution in [3.05, 3.63) is 36.2 Å². The van der Waals surface area contributed by atoms with Crippen LogP contribution in [0.2, 0.25) is 0 Å². The molecule has 6 nitrogen and oxygen atoms in total. The molecule has 0 radical (unpaired) electrons. The smallest absolute Gasteiger partial charge is 0.122 e. The van der Waals surface area contributed by atoms with Crippen molar-refractivity contribution in [3.8, 4) is 0 Å². The molecule has 3 heterocycles. The molecule has 1 aliphatic rings. The van der Waals surface area contributed by atoms with E-state index in [4.69, 9.17) is 4.74 Å². The van der Waals surface area contributed by atoms with Crippen LogP contribution in [0.1, 0.15) is 30.3 Å². The van der Waals surface area contributed by atoms with E-state index in [1.807, 2.05) is 18.6 Å². The van der Waals surface area contributed by atoms with Gasteiger partial charge in [0.25, 0.3) is 0 Å². The fourth-order valence-corrected chi connectivity index (χ4v) is 2.98. The van der Waals surface area contributed by atoms with Crippen LogP contribution in [0.4, 0.5) is 0 Å². The Labute approximate surface area is 125 Å². The number of rotatable bonds is 6. The fourth-order valence-electron chi connectivity index (χ4n) is 2.98. The SMILES string of the molecule is COCCn1ccnc1CN1CCC(c2ccn[nH]2)CC1. The quantitative estimate of drug-likeness (QED) is 0.878. The van der Waals surface area contributed by atoms with Crippen LogP contribution in [-0.2, 0) is 17.8 Å². The van der Waals surface area contributed by atoms with E-state index >= 15 is 0 Å². The summed E-state index contributed by atoms with van der Waals surface area (Å²) in [6, 6.07) is 2.10. The third-order valence-corrected chi connectivity index (χ3v) is 4.25. The third-order valence-electron chi connectivity index (χ3n) is 4.25. The number of ether oxygens (including phenoxy) is 1. The predicted octanol–water partition coefficient (Wildman–Crippen LogP) is 1.63. The summed E-state index contributed by atoms with van der Waals surface area (Å²) in [5, 5.41) is 7.15. The molecule has 6 heteroatoms. The first-order valence-electron chi connectivity index (χ1n) is 7.57. The van der Waals surface area contributed by atoms with Gasteiger partial charge in [-0.2, -0.15) is 5.10 Å². The van der Waals surface area contributed by atoms with Crippen LogP contribution in [0.25, 0.3) is 0 Å². The lowest BCUT2D eigenvalue weighted by molar-refractivity contribution is 0.177. The normalized spacial score (nSPS) is 17.4. The van der Waals surface area contributed by atoms with Crippen LogP contribution >= 0.6 is 0 Å². The van der Waals surface area contributed by atoms with Crippen molar-refractivity contribution in [2.24, 2.45) is 0 Å². The number of piperidine rings is 1. The van der Waals surface area contributed by atoms with Gasteiger partial charge in [0.2, 0.25) is 0 Å². The van der Waals surface area contributed by atoms with Crippen molar-refractivity contribution >= 4 is 0 Å². The minimum absolute atomic E-state index is 0.622. The zero-order valence-corrected chi connectivity index (χ0v) is 12.5. The van der Waals surface area contributed by atoms with Crippen LogP contribution in [0.5, 0.6) is 0 Å². The minimum Gasteiger partial charge on any atom is -0.383 e. The second-order valence-corrected chi connectivity index (χ2v) is 5.59. The lowest BCUT2D eigenvalue weighted by Gasteiger charge is -2.31. The predicted molar refractivity (Wildman–Crippen MR) is 79.9 cm³/mol. The van der Waals surface area contributed by atoms with Gasteiger partial charge in [-0.3, -0.25) is 10.00 Å². The maximum atomic E-state index is 5.14. The summed E-state index contributed by atoms with van der Waals surface area (Å²) in [7, 11) is 1.73. The van der Waals surface area contributed by atoms with Gasteiger partial charge in [-0.15, -0.1) is 0 Å². The molecule has 0 atom stereocenters. The second kappa shape index (κ2) is 6.87. The number of hydrogen-bond donors (Lipinski definition) is 1. The molecule has 1 saturated heterocycles. The van der Waals surface area contributed by atoms with Crippen molar-refractivity contribution in [2.45, 2.75) is 31.8 Å². The van der Waals surface area contributed by atoms with Gasteiger partial charge in [-0.25, -0.2) is 4.98 Å². The van der Waals surface area contributed by atoms with Crippen LogP contribution in [-0.4, -0.2) is 51.5 Å². The van der Waals surface area contributed by atoms with E-state index in [0.717, 1.165) is 38.6 Å². The van der Waals surface area contributed by atoms with Gasteiger partial charge in [-0.1, -0.05) is 0 Å². The summed E-state index contributed by atoms with van der Waals surface area (Å²) >= 11 is 0. The molecule has 21 heavy (non-hydrogen) atoms. The lowest BCUT2D eigenvalue weighted by Crippen LogP contribution is -2.33. The maximum Gasteiger partial charge on any atom is 0.122 e. The zero-order chi connectivity index (χ0) is 14.5. The number of hydrogen-bond acceptors (Lipinski definition) is 4. The van der Waals surface area contributed by atoms with Gasteiger partial charge >= 0.3 is 0 Å². The average molecular weight is 289 g/mol. The largest absolute Gasteiger partial charge is 0.383 e. The molecule has 3 rings (SSSR count). The number of methoxy groups -OCH3 is 1. The van der Waals surface area contributed by atoms with E-state index in [1.54, 1.807) is 7.11 Å². The first kappa shape index (κ1) is 14.3. The molecule has 0 amide bonds. The zero-order valence-electron chi connectivity index (χ0n) is 12.5. The molecule has 0 aliphatic carbocycles. The number of nitrogens with zero attached hydrogens (tertiary/aromatic N) is 4. The molecule has 2 aromatic heterocycles. The number of nitrogens with one attached hydrogen (secondary N) is 1. The van der Waals surface area contributed by atoms with Gasteiger partial charge in [0.15, 0.2) is 0 Å². The number of aromatic nitrogens is 4. The highest BCUT2D eigenvalue weighted by Crippen LogP contribution is 2.26. The highest BCUT2D eigenvalue weighted by atomic mass is 16.5. The van der Waals surface area contributed by atoms with E-state index in [1.165, 1.54) is 18.5 Å². The first-order valence-corrected chi connectivity index (χ1v) is 7.57. The first-order chi connectivity index (χ1) is 10.4. The van der Waals surface area contributed by atoms with E-state index in [-0.39, 0.29) is 0 Å². The van der Waals surface area contributed by atoms with Gasteiger partial charge in [0.1, 0.15) is 5.82 Å². The van der Waals surface area contributed by atoms with Crippen molar-refractivity contribution in [1.82, 2.24) is 24.6 Å². The third kappa shape index (κ3) is 3.51. The van der Waals surface area contributed by atoms with Crippen molar-refractivity contribution in [3.63, 3.8) is 0 Å². The Kier molecular flexibility index (Phi) is 4.67. The monoisotopic (exact) mass is 289 g/mol. The molecule has 0 bridgehead atoms. The molecule has 0 spiro atoms. The summed E-state index contributed by atoms with van der Waals surface area (Å²) in [6.45, 7) is 4.75. The van der Waals surface area contributed by atoms with E-state index in [2.05, 4.69) is 30.7 Å². The summed E-state index contributed by atoms with van der Waals surface area (Å²) < 4.78 is 7.33. The maximum absolute atomic E-state index is 5.14. The molecule has 114 valence electrons. The van der Waals surface area contributed by atoms with Gasteiger partial charge in [0, 0.05) is 43.9 Å². The number of likely N-dealkylation sites (tertiary alicyclic amines) is 1. The molecule has 0 saturated carbocycles. The van der Waals surface area contributed by atoms with Crippen LogP contribution in [0.15, 0.2) is 24.7 Å². The molecule has 1 aliphatic heterocycles. The molecule has 0 aromatic carbocycles. The summed E-state index contributed by atoms with van der Waals surface area (Å²) in [5.41, 5.74) is 1.27. The van der Waals surface area contributed by atoms with Crippen molar-refractivity contribution < 1.29 is 4.74 Å². The summed E-state index contributed by atoms with van der Waals surface area (Å²) in [6.07, 6.45) is 8.12. The Balaban J connectivity index is 1.52. The standard InChI is InChI=1S/C15H23N5O/c1-21-11-10-20-9-6-16-15(20)12-19-7-3-13(4-8-19)14-2-5-17-18-14/h2,5-6,9,13H,3-4,7-8,10-12H2,1H3,(H,17,18). The molecule has 1 N–H and O–H groups in total. The summed E-state index contributed by atoms with van der Waals surface area (Å²) in [5.74, 6) is 1.75. The molecule has 0 unspecified atom stereocenters. The Morgan fingerprint density at radius 1 is 1.33 bits per heavy atom. The Hall–Kier alpha value is -1.66. The summed E-state index contributed by atoms with van der Waals surface area (Å²) in [4.78, 5) is 6.97. The second-order valence-electron chi connectivity index (χ2n) is 5.59. The van der Waals surface area contributed by atoms with Crippen LogP contribution < -0.4 is 0 Å². The van der Waals surface area contributed by atoms with Crippen molar-refractivity contribution in [1.29, 1.82) is 0 Å². The van der Waals surface area contributed by atoms with E-state index < -0.39 is 0 Å². The Bertz CT molecular complexity index is 528. The Morgan fingerprint density at radius 2 is 2.19 bits per heavy atom. The average Bonchev–Trinajstić information content (AvgIpc) is 3.18. The topological polar surface area (TPSA) is 59.0 Å². The van der Waals surface area contributed by atoms with E-state index in [9.17, 15) is 0 Å². The number of H-pyrrole nitrogens is 1. The van der Waals surface area contributed by atoms with Gasteiger partial charge < -0.3 is 9.30 Å². The number of aromatic amines is 1. The van der Waals surface area contributed by atoms with E-state index in [0.29, 0.717) is 5.92 Å². The van der Waals surface area contributed by atoms with Gasteiger partial charge in [0.05, 0.1) is 13.2 Å². The van der Waals surface area contributed by atoms with Gasteiger partial charge in [-0.05, 0) is 32.0 Å². The lowest BCUT2D eigenvalue weighted by atomic mass is 9.94. The minimum atomic E-state index is 0.622. The highest BCUT2D eigenvalue weighted by molar-refractivity contribution is 5.07. The van der Waals surface area contributed by atoms with Crippen LogP contribution in [0.3, 0.4) is 0 Å². The van der Waals surface area contributed by atoms with Crippen LogP contribution in [0, 0.1) is 0 Å². The van der Waals surface area contributed by atoms with Crippen molar-refractivity contribution in [2.75, 3.05) is 26.8 Å².